The number of aromatic hydroxyl groups is 1. The van der Waals surface area contributed by atoms with E-state index in [0.717, 1.165) is 18.4 Å². The highest BCUT2D eigenvalue weighted by Crippen LogP contribution is 2.40. The normalized spacial score (nSPS) is 17.1. The van der Waals surface area contributed by atoms with E-state index < -0.39 is 41.5 Å². The van der Waals surface area contributed by atoms with Crippen LogP contribution in [0.2, 0.25) is 0 Å². The summed E-state index contributed by atoms with van der Waals surface area (Å²) in [5.74, 6) is -3.19. The minimum Gasteiger partial charge on any atom is -0.507 e. The van der Waals surface area contributed by atoms with Gasteiger partial charge in [-0.25, -0.2) is 9.97 Å². The largest absolute Gasteiger partial charge is 0.507 e. The number of hydrogen-bond acceptors (Lipinski definition) is 11. The zero-order valence-corrected chi connectivity index (χ0v) is 38.4. The van der Waals surface area contributed by atoms with E-state index in [2.05, 4.69) is 26.1 Å². The number of phenols is 1. The lowest BCUT2D eigenvalue weighted by Crippen LogP contribution is -2.46. The third-order valence-corrected chi connectivity index (χ3v) is 11.9. The molecule has 4 atom stereocenters. The average Bonchev–Trinajstić information content (AvgIpc) is 3.25. The van der Waals surface area contributed by atoms with Crippen LogP contribution >= 0.6 is 0 Å². The van der Waals surface area contributed by atoms with Gasteiger partial charge in [-0.3, -0.25) is 24.0 Å². The number of phenolic OH excluding ortho intramolecular Hbond substituents is 1. The first-order chi connectivity index (χ1) is 30.4. The molecule has 2 amide bonds. The lowest BCUT2D eigenvalue weighted by atomic mass is 9.86. The van der Waals surface area contributed by atoms with Crippen LogP contribution in [-0.4, -0.2) is 75.4 Å². The quantitative estimate of drug-likeness (QED) is 0.0775. The van der Waals surface area contributed by atoms with Crippen molar-refractivity contribution in [2.75, 3.05) is 20.2 Å². The fourth-order valence-electron chi connectivity index (χ4n) is 8.21. The Bertz CT molecular complexity index is 2390. The summed E-state index contributed by atoms with van der Waals surface area (Å²) in [5.41, 5.74) is 11.1. The Morgan fingerprint density at radius 2 is 1.69 bits per heavy atom. The van der Waals surface area contributed by atoms with Crippen molar-refractivity contribution < 1.29 is 33.8 Å². The molecule has 0 fully saturated rings. The lowest BCUT2D eigenvalue weighted by molar-refractivity contribution is -0.142. The van der Waals surface area contributed by atoms with Gasteiger partial charge in [0.05, 0.1) is 35.7 Å². The second-order valence-corrected chi connectivity index (χ2v) is 17.9. The van der Waals surface area contributed by atoms with Gasteiger partial charge >= 0.3 is 0 Å². The van der Waals surface area contributed by atoms with E-state index in [0.29, 0.717) is 57.4 Å². The van der Waals surface area contributed by atoms with E-state index in [9.17, 15) is 34.3 Å². The Kier molecular flexibility index (Phi) is 16.3. The molecular formula is C51H62N6O7. The summed E-state index contributed by atoms with van der Waals surface area (Å²) < 4.78 is 6.23. The zero-order valence-electron chi connectivity index (χ0n) is 38.4. The number of Topliss-reactive ketones (excluding diaryl/α,β-unsaturated/α-hetero) is 3. The van der Waals surface area contributed by atoms with E-state index in [1.165, 1.54) is 23.6 Å². The van der Waals surface area contributed by atoms with Crippen LogP contribution < -0.4 is 15.8 Å². The van der Waals surface area contributed by atoms with Gasteiger partial charge in [0.25, 0.3) is 0 Å². The number of hydrogen-bond donors (Lipinski definition) is 3. The minimum atomic E-state index is -1.24. The molecule has 4 N–H and O–H groups in total. The number of ether oxygens (including phenoxy) is 1. The van der Waals surface area contributed by atoms with Gasteiger partial charge in [-0.15, -0.1) is 0 Å². The Hall–Kier alpha value is -6.26. The highest BCUT2D eigenvalue weighted by molar-refractivity contribution is 6.01. The van der Waals surface area contributed by atoms with Gasteiger partial charge in [0.15, 0.2) is 23.2 Å². The Morgan fingerprint density at radius 1 is 1.00 bits per heavy atom. The highest BCUT2D eigenvalue weighted by atomic mass is 16.5. The maximum absolute atomic E-state index is 14.7. The number of aromatic nitrogens is 2. The van der Waals surface area contributed by atoms with Gasteiger partial charge in [-0.2, -0.15) is 5.26 Å². The molecule has 4 bridgehead atoms. The third-order valence-electron chi connectivity index (χ3n) is 11.9. The maximum Gasteiger partial charge on any atom is 0.226 e. The summed E-state index contributed by atoms with van der Waals surface area (Å²) in [6, 6.07) is 17.8. The number of nitrogens with two attached hydrogens (primary N) is 1. The standard InChI is InChI=1S/C51H62N6O7/c1-9-10-24-64-45-20-16-35-28-39(45)38-26-33(13-19-41(38)58)27-40(42(59)12-11-22-52)56-49(62)30(2)25-44(61)47(35)57(8)50(63)36(21-23-53)29-43(60)46-31(3)54-48(55-32(46)4)34-14-17-37(18-15-34)51(5,6)7/h13-20,26,28,30,36,40,47,58H,9-12,21,23-25,27,29,53H2,1-8H3,(H,56,62)/t30-,36-,40+,47+/m1/s1. The summed E-state index contributed by atoms with van der Waals surface area (Å²) in [6.45, 7) is 14.0. The Labute approximate surface area is 376 Å². The topological polar surface area (TPSA) is 206 Å². The van der Waals surface area contributed by atoms with Crippen molar-refractivity contribution >= 4 is 29.2 Å². The third kappa shape index (κ3) is 11.6. The van der Waals surface area contributed by atoms with E-state index in [4.69, 9.17) is 20.4 Å². The molecule has 0 saturated carbocycles. The first kappa shape index (κ1) is 48.8. The summed E-state index contributed by atoms with van der Waals surface area (Å²) in [7, 11) is 1.50. The SMILES string of the molecule is CCCCOc1ccc2cc1-c1cc(ccc1O)C[C@@H](C(=O)CCC#N)NC(=O)[C@H](C)CC(=O)[C@H]2N(C)C(=O)[C@H](CCN)CC(=O)c1c(C)nc(-c2ccc(C(C)(C)C)cc2)nc1C. The summed E-state index contributed by atoms with van der Waals surface area (Å²) in [4.78, 5) is 81.4. The molecule has 0 radical (unpaired) electrons. The van der Waals surface area contributed by atoms with Crippen molar-refractivity contribution in [3.05, 3.63) is 94.3 Å². The predicted molar refractivity (Wildman–Crippen MR) is 245 cm³/mol. The summed E-state index contributed by atoms with van der Waals surface area (Å²) >= 11 is 0. The van der Waals surface area contributed by atoms with Gasteiger partial charge in [0.1, 0.15) is 17.5 Å². The van der Waals surface area contributed by atoms with Crippen molar-refractivity contribution in [1.82, 2.24) is 20.2 Å². The fourth-order valence-corrected chi connectivity index (χ4v) is 8.21. The lowest BCUT2D eigenvalue weighted by Gasteiger charge is -2.32. The van der Waals surface area contributed by atoms with Gasteiger partial charge in [-0.05, 0) is 86.0 Å². The van der Waals surface area contributed by atoms with E-state index in [1.54, 1.807) is 51.1 Å². The van der Waals surface area contributed by atoms with Gasteiger partial charge in [0.2, 0.25) is 11.8 Å². The predicted octanol–water partition coefficient (Wildman–Crippen LogP) is 7.86. The number of aryl methyl sites for hydroxylation is 2. The van der Waals surface area contributed by atoms with Crippen LogP contribution in [0.5, 0.6) is 11.5 Å². The van der Waals surface area contributed by atoms with E-state index in [1.807, 2.05) is 37.3 Å². The Balaban J connectivity index is 1.54. The molecular weight excluding hydrogens is 809 g/mol. The van der Waals surface area contributed by atoms with Crippen molar-refractivity contribution in [3.63, 3.8) is 0 Å². The van der Waals surface area contributed by atoms with Crippen molar-refractivity contribution in [2.45, 2.75) is 117 Å². The monoisotopic (exact) mass is 870 g/mol. The molecule has 1 aliphatic rings. The number of carbonyl (C=O) groups is 5. The zero-order chi connectivity index (χ0) is 46.9. The molecule has 13 heteroatoms. The molecule has 13 nitrogen and oxygen atoms in total. The second-order valence-electron chi connectivity index (χ2n) is 17.9. The van der Waals surface area contributed by atoms with Crippen LogP contribution in [0.3, 0.4) is 0 Å². The number of amides is 2. The van der Waals surface area contributed by atoms with Crippen LogP contribution in [0.25, 0.3) is 22.5 Å². The summed E-state index contributed by atoms with van der Waals surface area (Å²) in [6.07, 6.45) is 1.23. The molecule has 3 aromatic carbocycles. The molecule has 0 spiro atoms. The number of likely N-dealkylation sites (N-methyl/N-ethyl adjacent to an activating group) is 1. The van der Waals surface area contributed by atoms with Crippen molar-refractivity contribution in [2.24, 2.45) is 17.6 Å². The number of nitrogens with one attached hydrogen (secondary N) is 1. The van der Waals surface area contributed by atoms with Crippen LogP contribution in [0.15, 0.2) is 60.7 Å². The minimum absolute atomic E-state index is 0.0269. The van der Waals surface area contributed by atoms with Crippen molar-refractivity contribution in [3.8, 4) is 40.1 Å². The number of benzene rings is 3. The van der Waals surface area contributed by atoms with Gasteiger partial charge < -0.3 is 25.8 Å². The maximum atomic E-state index is 14.7. The molecule has 0 saturated heterocycles. The molecule has 2 heterocycles. The van der Waals surface area contributed by atoms with Crippen molar-refractivity contribution in [1.29, 1.82) is 5.26 Å². The molecule has 1 aliphatic heterocycles. The number of ketones is 3. The molecule has 338 valence electrons. The molecule has 4 aromatic rings. The first-order valence-corrected chi connectivity index (χ1v) is 22.2. The van der Waals surface area contributed by atoms with E-state index in [-0.39, 0.29) is 67.8 Å². The van der Waals surface area contributed by atoms with Crippen LogP contribution in [-0.2, 0) is 31.0 Å². The average molecular weight is 871 g/mol. The van der Waals surface area contributed by atoms with Crippen LogP contribution in [0.4, 0.5) is 0 Å². The molecule has 0 unspecified atom stereocenters. The molecule has 1 aromatic heterocycles. The van der Waals surface area contributed by atoms with Crippen LogP contribution in [0, 0.1) is 37.0 Å². The van der Waals surface area contributed by atoms with Crippen LogP contribution in [0.1, 0.15) is 124 Å². The summed E-state index contributed by atoms with van der Waals surface area (Å²) in [5, 5.41) is 23.3. The fraction of sp³-hybridized carbons (Fsp3) is 0.451. The number of fused-ring (bicyclic) bond motifs is 5. The molecule has 0 aliphatic carbocycles. The van der Waals surface area contributed by atoms with Gasteiger partial charge in [-0.1, -0.05) is 77.4 Å². The number of nitriles is 1. The number of nitrogens with zero attached hydrogens (tertiary/aromatic N) is 4. The van der Waals surface area contributed by atoms with E-state index >= 15 is 0 Å². The highest BCUT2D eigenvalue weighted by Gasteiger charge is 2.36. The Morgan fingerprint density at radius 3 is 2.31 bits per heavy atom. The molecule has 64 heavy (non-hydrogen) atoms. The first-order valence-electron chi connectivity index (χ1n) is 22.2. The number of carbonyl (C=O) groups excluding carboxylic acids is 5. The smallest absolute Gasteiger partial charge is 0.226 e. The number of rotatable bonds is 15. The molecule has 5 rings (SSSR count). The number of unbranched alkanes of at least 4 members (excludes halogenated alkanes) is 1. The second kappa shape index (κ2) is 21.4. The van der Waals surface area contributed by atoms with Gasteiger partial charge in [0, 0.05) is 61.3 Å².